The molecule has 2 heterocycles. The van der Waals surface area contributed by atoms with Crippen LogP contribution in [0.3, 0.4) is 0 Å². The Kier molecular flexibility index (Phi) is 4.51. The van der Waals surface area contributed by atoms with Crippen molar-refractivity contribution in [3.05, 3.63) is 30.1 Å². The lowest BCUT2D eigenvalue weighted by Gasteiger charge is -2.28. The summed E-state index contributed by atoms with van der Waals surface area (Å²) in [4.78, 5) is 6.75. The first kappa shape index (κ1) is 12.5. The SMILES string of the molecule is CCCN1CCC(CNC)C1c1ccncc1. The molecule has 2 unspecified atom stereocenters. The van der Waals surface area contributed by atoms with Crippen molar-refractivity contribution in [3.63, 3.8) is 0 Å². The second-order valence-corrected chi connectivity index (χ2v) is 4.87. The third-order valence-electron chi connectivity index (χ3n) is 3.65. The molecular weight excluding hydrogens is 210 g/mol. The van der Waals surface area contributed by atoms with Gasteiger partial charge in [0, 0.05) is 18.4 Å². The van der Waals surface area contributed by atoms with Crippen LogP contribution in [0.1, 0.15) is 31.4 Å². The summed E-state index contributed by atoms with van der Waals surface area (Å²) in [5, 5.41) is 3.33. The molecular formula is C14H23N3. The van der Waals surface area contributed by atoms with Gasteiger partial charge >= 0.3 is 0 Å². The topological polar surface area (TPSA) is 28.2 Å². The van der Waals surface area contributed by atoms with E-state index in [0.29, 0.717) is 6.04 Å². The summed E-state index contributed by atoms with van der Waals surface area (Å²) in [5.74, 6) is 0.731. The monoisotopic (exact) mass is 233 g/mol. The molecule has 0 amide bonds. The predicted octanol–water partition coefficient (Wildman–Crippen LogP) is 2.07. The lowest BCUT2D eigenvalue weighted by atomic mass is 9.94. The van der Waals surface area contributed by atoms with E-state index in [1.165, 1.54) is 31.5 Å². The Balaban J connectivity index is 2.17. The van der Waals surface area contributed by atoms with Gasteiger partial charge in [0.1, 0.15) is 0 Å². The molecule has 0 aliphatic carbocycles. The van der Waals surface area contributed by atoms with Gasteiger partial charge < -0.3 is 5.32 Å². The fourth-order valence-corrected chi connectivity index (χ4v) is 2.98. The van der Waals surface area contributed by atoms with Crippen molar-refractivity contribution in [2.24, 2.45) is 5.92 Å². The number of rotatable bonds is 5. The molecule has 0 aromatic carbocycles. The van der Waals surface area contributed by atoms with Gasteiger partial charge in [0.2, 0.25) is 0 Å². The molecule has 3 nitrogen and oxygen atoms in total. The van der Waals surface area contributed by atoms with Crippen LogP contribution in [0.2, 0.25) is 0 Å². The molecule has 2 rings (SSSR count). The summed E-state index contributed by atoms with van der Waals surface area (Å²) in [7, 11) is 2.05. The first-order valence-electron chi connectivity index (χ1n) is 6.65. The van der Waals surface area contributed by atoms with Crippen LogP contribution in [-0.2, 0) is 0 Å². The Morgan fingerprint density at radius 3 is 2.82 bits per heavy atom. The molecule has 0 bridgehead atoms. The first-order chi connectivity index (χ1) is 8.36. The van der Waals surface area contributed by atoms with Crippen molar-refractivity contribution in [2.75, 3.05) is 26.7 Å². The van der Waals surface area contributed by atoms with Crippen LogP contribution in [0, 0.1) is 5.92 Å². The van der Waals surface area contributed by atoms with E-state index < -0.39 is 0 Å². The van der Waals surface area contributed by atoms with Crippen LogP contribution in [0.25, 0.3) is 0 Å². The van der Waals surface area contributed by atoms with Gasteiger partial charge in [-0.15, -0.1) is 0 Å². The summed E-state index contributed by atoms with van der Waals surface area (Å²) < 4.78 is 0. The molecule has 2 atom stereocenters. The predicted molar refractivity (Wildman–Crippen MR) is 70.9 cm³/mol. The highest BCUT2D eigenvalue weighted by Crippen LogP contribution is 2.36. The molecule has 1 aromatic rings. The zero-order valence-corrected chi connectivity index (χ0v) is 10.9. The quantitative estimate of drug-likeness (QED) is 0.844. The smallest absolute Gasteiger partial charge is 0.0389 e. The normalized spacial score (nSPS) is 25.3. The van der Waals surface area contributed by atoms with Gasteiger partial charge in [0.25, 0.3) is 0 Å². The maximum atomic E-state index is 4.12. The molecule has 0 spiro atoms. The van der Waals surface area contributed by atoms with Crippen LogP contribution >= 0.6 is 0 Å². The maximum absolute atomic E-state index is 4.12. The highest BCUT2D eigenvalue weighted by Gasteiger charge is 2.33. The molecule has 0 radical (unpaired) electrons. The van der Waals surface area contributed by atoms with Crippen molar-refractivity contribution in [1.29, 1.82) is 0 Å². The fraction of sp³-hybridized carbons (Fsp3) is 0.643. The summed E-state index contributed by atoms with van der Waals surface area (Å²) in [6, 6.07) is 4.91. The number of aromatic nitrogens is 1. The molecule has 3 heteroatoms. The third kappa shape index (κ3) is 2.85. The number of hydrogen-bond acceptors (Lipinski definition) is 3. The average molecular weight is 233 g/mol. The lowest BCUT2D eigenvalue weighted by Crippen LogP contribution is -2.29. The Bertz CT molecular complexity index is 311. The Morgan fingerprint density at radius 2 is 2.18 bits per heavy atom. The fourth-order valence-electron chi connectivity index (χ4n) is 2.98. The lowest BCUT2D eigenvalue weighted by molar-refractivity contribution is 0.227. The number of nitrogens with zero attached hydrogens (tertiary/aromatic N) is 2. The van der Waals surface area contributed by atoms with Crippen molar-refractivity contribution in [3.8, 4) is 0 Å². The van der Waals surface area contributed by atoms with Gasteiger partial charge in [-0.05, 0) is 63.1 Å². The molecule has 17 heavy (non-hydrogen) atoms. The van der Waals surface area contributed by atoms with Crippen molar-refractivity contribution < 1.29 is 0 Å². The third-order valence-corrected chi connectivity index (χ3v) is 3.65. The zero-order chi connectivity index (χ0) is 12.1. The van der Waals surface area contributed by atoms with Crippen LogP contribution < -0.4 is 5.32 Å². The van der Waals surface area contributed by atoms with E-state index in [0.717, 1.165) is 12.5 Å². The molecule has 1 aliphatic rings. The van der Waals surface area contributed by atoms with Gasteiger partial charge in [-0.25, -0.2) is 0 Å². The number of likely N-dealkylation sites (tertiary alicyclic amines) is 1. The zero-order valence-electron chi connectivity index (χ0n) is 10.9. The Labute approximate surface area is 104 Å². The van der Waals surface area contributed by atoms with Gasteiger partial charge in [-0.3, -0.25) is 9.88 Å². The van der Waals surface area contributed by atoms with Crippen LogP contribution in [-0.4, -0.2) is 36.6 Å². The molecule has 1 saturated heterocycles. The van der Waals surface area contributed by atoms with Crippen LogP contribution in [0.4, 0.5) is 0 Å². The van der Waals surface area contributed by atoms with Crippen molar-refractivity contribution in [1.82, 2.24) is 15.2 Å². The molecule has 1 fully saturated rings. The average Bonchev–Trinajstić information content (AvgIpc) is 2.74. The second kappa shape index (κ2) is 6.12. The maximum Gasteiger partial charge on any atom is 0.0389 e. The Morgan fingerprint density at radius 1 is 1.41 bits per heavy atom. The standard InChI is InChI=1S/C14H23N3/c1-3-9-17-10-6-13(11-15-2)14(17)12-4-7-16-8-5-12/h4-5,7-8,13-15H,3,6,9-11H2,1-2H3. The molecule has 0 saturated carbocycles. The molecule has 1 N–H and O–H groups in total. The summed E-state index contributed by atoms with van der Waals surface area (Å²) in [6.45, 7) is 5.79. The van der Waals surface area contributed by atoms with Crippen molar-refractivity contribution in [2.45, 2.75) is 25.8 Å². The van der Waals surface area contributed by atoms with Crippen LogP contribution in [0.15, 0.2) is 24.5 Å². The van der Waals surface area contributed by atoms with E-state index in [1.807, 2.05) is 19.4 Å². The number of hydrogen-bond donors (Lipinski definition) is 1. The minimum absolute atomic E-state index is 0.574. The number of pyridine rings is 1. The van der Waals surface area contributed by atoms with Crippen molar-refractivity contribution >= 4 is 0 Å². The summed E-state index contributed by atoms with van der Waals surface area (Å²) in [5.41, 5.74) is 1.42. The summed E-state index contributed by atoms with van der Waals surface area (Å²) in [6.07, 6.45) is 6.35. The van der Waals surface area contributed by atoms with E-state index in [1.54, 1.807) is 0 Å². The van der Waals surface area contributed by atoms with Crippen LogP contribution in [0.5, 0.6) is 0 Å². The molecule has 94 valence electrons. The van der Waals surface area contributed by atoms with E-state index in [9.17, 15) is 0 Å². The van der Waals surface area contributed by atoms with E-state index in [2.05, 4.69) is 34.3 Å². The minimum Gasteiger partial charge on any atom is -0.319 e. The van der Waals surface area contributed by atoms with E-state index >= 15 is 0 Å². The van der Waals surface area contributed by atoms with Gasteiger partial charge in [-0.2, -0.15) is 0 Å². The highest BCUT2D eigenvalue weighted by atomic mass is 15.2. The Hall–Kier alpha value is -0.930. The number of nitrogens with one attached hydrogen (secondary N) is 1. The largest absolute Gasteiger partial charge is 0.319 e. The highest BCUT2D eigenvalue weighted by molar-refractivity contribution is 5.18. The second-order valence-electron chi connectivity index (χ2n) is 4.87. The van der Waals surface area contributed by atoms with E-state index in [4.69, 9.17) is 0 Å². The minimum atomic E-state index is 0.574. The summed E-state index contributed by atoms with van der Waals surface area (Å²) >= 11 is 0. The van der Waals surface area contributed by atoms with Gasteiger partial charge in [0.15, 0.2) is 0 Å². The van der Waals surface area contributed by atoms with Gasteiger partial charge in [0.05, 0.1) is 0 Å². The molecule has 1 aliphatic heterocycles. The molecule has 1 aromatic heterocycles. The van der Waals surface area contributed by atoms with E-state index in [-0.39, 0.29) is 0 Å². The first-order valence-corrected chi connectivity index (χ1v) is 6.65. The van der Waals surface area contributed by atoms with Gasteiger partial charge in [-0.1, -0.05) is 6.92 Å².